The molecule has 18 heavy (non-hydrogen) atoms. The minimum atomic E-state index is 0.342. The molecule has 0 saturated carbocycles. The summed E-state index contributed by atoms with van der Waals surface area (Å²) < 4.78 is 5.39. The summed E-state index contributed by atoms with van der Waals surface area (Å²) in [6.07, 6.45) is 4.18. The number of nitrogens with two attached hydrogens (primary N) is 1. The van der Waals surface area contributed by atoms with Gasteiger partial charge in [0, 0.05) is 23.7 Å². The van der Waals surface area contributed by atoms with Crippen molar-refractivity contribution in [1.82, 2.24) is 15.0 Å². The van der Waals surface area contributed by atoms with Crippen LogP contribution in [0.4, 0.5) is 5.13 Å². The summed E-state index contributed by atoms with van der Waals surface area (Å²) >= 11 is 1.56. The molecule has 2 aromatic heterocycles. The molecule has 1 fully saturated rings. The standard InChI is InChI=1S/C12H16N4OS/c1-8-5-11(17-15-8)10-3-2-4-16(10)7-9-6-14-12(13)18-9/h5-6,10H,2-4,7H2,1H3,(H2,13,14). The van der Waals surface area contributed by atoms with Gasteiger partial charge in [-0.2, -0.15) is 0 Å². The smallest absolute Gasteiger partial charge is 0.180 e. The SMILES string of the molecule is Cc1cc(C2CCCN2Cc2cnc(N)s2)on1. The molecule has 0 amide bonds. The number of rotatable bonds is 3. The third-order valence-corrected chi connectivity index (χ3v) is 4.08. The number of nitrogens with zero attached hydrogens (tertiary/aromatic N) is 3. The van der Waals surface area contributed by atoms with Crippen LogP contribution in [0.5, 0.6) is 0 Å². The second-order valence-electron chi connectivity index (χ2n) is 4.66. The van der Waals surface area contributed by atoms with Crippen molar-refractivity contribution < 1.29 is 4.52 Å². The van der Waals surface area contributed by atoms with Crippen molar-refractivity contribution in [1.29, 1.82) is 0 Å². The number of aromatic nitrogens is 2. The van der Waals surface area contributed by atoms with Gasteiger partial charge in [0.05, 0.1) is 11.7 Å². The van der Waals surface area contributed by atoms with Crippen LogP contribution in [0.2, 0.25) is 0 Å². The van der Waals surface area contributed by atoms with Crippen LogP contribution in [0.3, 0.4) is 0 Å². The van der Waals surface area contributed by atoms with Gasteiger partial charge in [0.25, 0.3) is 0 Å². The summed E-state index contributed by atoms with van der Waals surface area (Å²) in [5.74, 6) is 0.975. The van der Waals surface area contributed by atoms with E-state index in [0.717, 1.165) is 31.0 Å². The molecule has 1 atom stereocenters. The third kappa shape index (κ3) is 2.26. The van der Waals surface area contributed by atoms with Gasteiger partial charge in [-0.3, -0.25) is 4.90 Å². The average Bonchev–Trinajstić information content (AvgIpc) is 3.01. The number of aryl methyl sites for hydroxylation is 1. The zero-order valence-corrected chi connectivity index (χ0v) is 11.1. The van der Waals surface area contributed by atoms with Crippen LogP contribution < -0.4 is 5.73 Å². The van der Waals surface area contributed by atoms with Crippen molar-refractivity contribution in [2.24, 2.45) is 0 Å². The van der Waals surface area contributed by atoms with E-state index in [1.807, 2.05) is 19.2 Å². The summed E-state index contributed by atoms with van der Waals surface area (Å²) in [5.41, 5.74) is 6.61. The van der Waals surface area contributed by atoms with E-state index in [0.29, 0.717) is 11.2 Å². The Labute approximate surface area is 110 Å². The van der Waals surface area contributed by atoms with Crippen LogP contribution in [0.25, 0.3) is 0 Å². The highest BCUT2D eigenvalue weighted by Crippen LogP contribution is 2.34. The highest BCUT2D eigenvalue weighted by molar-refractivity contribution is 7.15. The Morgan fingerprint density at radius 3 is 3.17 bits per heavy atom. The van der Waals surface area contributed by atoms with Gasteiger partial charge in [0.1, 0.15) is 0 Å². The molecular formula is C12H16N4OS. The van der Waals surface area contributed by atoms with Gasteiger partial charge < -0.3 is 10.3 Å². The average molecular weight is 264 g/mol. The van der Waals surface area contributed by atoms with Crippen LogP contribution >= 0.6 is 11.3 Å². The summed E-state index contributed by atoms with van der Waals surface area (Å²) in [6, 6.07) is 2.37. The summed E-state index contributed by atoms with van der Waals surface area (Å²) in [6.45, 7) is 3.93. The molecule has 1 aliphatic rings. The van der Waals surface area contributed by atoms with Crippen molar-refractivity contribution in [2.75, 3.05) is 12.3 Å². The van der Waals surface area contributed by atoms with Gasteiger partial charge in [-0.1, -0.05) is 5.16 Å². The van der Waals surface area contributed by atoms with Crippen molar-refractivity contribution >= 4 is 16.5 Å². The maximum absolute atomic E-state index is 5.66. The van der Waals surface area contributed by atoms with Crippen molar-refractivity contribution in [2.45, 2.75) is 32.4 Å². The van der Waals surface area contributed by atoms with Gasteiger partial charge in [0.15, 0.2) is 10.9 Å². The number of hydrogen-bond donors (Lipinski definition) is 1. The van der Waals surface area contributed by atoms with Crippen LogP contribution in [0.1, 0.15) is 35.2 Å². The molecule has 3 rings (SSSR count). The van der Waals surface area contributed by atoms with E-state index >= 15 is 0 Å². The molecule has 1 saturated heterocycles. The highest BCUT2D eigenvalue weighted by Gasteiger charge is 2.29. The lowest BCUT2D eigenvalue weighted by molar-refractivity contribution is 0.208. The predicted octanol–water partition coefficient (Wildman–Crippen LogP) is 2.36. The Hall–Kier alpha value is -1.40. The van der Waals surface area contributed by atoms with Crippen LogP contribution in [0.15, 0.2) is 16.8 Å². The number of thiazole rings is 1. The highest BCUT2D eigenvalue weighted by atomic mass is 32.1. The maximum atomic E-state index is 5.66. The number of likely N-dealkylation sites (tertiary alicyclic amines) is 1. The largest absolute Gasteiger partial charge is 0.375 e. The molecule has 0 spiro atoms. The molecule has 1 unspecified atom stereocenters. The van der Waals surface area contributed by atoms with E-state index in [1.165, 1.54) is 11.3 Å². The second-order valence-corrected chi connectivity index (χ2v) is 5.81. The summed E-state index contributed by atoms with van der Waals surface area (Å²) in [7, 11) is 0. The first-order chi connectivity index (χ1) is 8.72. The molecule has 2 N–H and O–H groups in total. The first-order valence-electron chi connectivity index (χ1n) is 6.10. The van der Waals surface area contributed by atoms with Crippen LogP contribution in [-0.2, 0) is 6.54 Å². The van der Waals surface area contributed by atoms with Crippen LogP contribution in [0, 0.1) is 6.92 Å². The van der Waals surface area contributed by atoms with E-state index in [1.54, 1.807) is 11.3 Å². The third-order valence-electron chi connectivity index (χ3n) is 3.27. The van der Waals surface area contributed by atoms with Crippen molar-refractivity contribution in [3.8, 4) is 0 Å². The van der Waals surface area contributed by atoms with E-state index in [2.05, 4.69) is 15.0 Å². The molecule has 96 valence electrons. The number of nitrogen functional groups attached to an aromatic ring is 1. The minimum absolute atomic E-state index is 0.342. The van der Waals surface area contributed by atoms with Gasteiger partial charge in [-0.05, 0) is 26.3 Å². The minimum Gasteiger partial charge on any atom is -0.375 e. The molecule has 1 aliphatic heterocycles. The molecule has 5 nitrogen and oxygen atoms in total. The molecule has 3 heterocycles. The van der Waals surface area contributed by atoms with E-state index in [-0.39, 0.29) is 0 Å². The van der Waals surface area contributed by atoms with E-state index in [9.17, 15) is 0 Å². The Morgan fingerprint density at radius 2 is 2.50 bits per heavy atom. The molecule has 0 aromatic carbocycles. The fraction of sp³-hybridized carbons (Fsp3) is 0.500. The Bertz CT molecular complexity index is 536. The molecule has 0 bridgehead atoms. The van der Waals surface area contributed by atoms with Gasteiger partial charge in [0.2, 0.25) is 0 Å². The molecule has 2 aromatic rings. The Balaban J connectivity index is 1.75. The Kier molecular flexibility index (Phi) is 3.05. The first kappa shape index (κ1) is 11.7. The lowest BCUT2D eigenvalue weighted by atomic mass is 10.1. The van der Waals surface area contributed by atoms with Crippen LogP contribution in [-0.4, -0.2) is 21.6 Å². The molecular weight excluding hydrogens is 248 g/mol. The molecule has 6 heteroatoms. The quantitative estimate of drug-likeness (QED) is 0.921. The van der Waals surface area contributed by atoms with Gasteiger partial charge in [-0.25, -0.2) is 4.98 Å². The zero-order chi connectivity index (χ0) is 12.5. The number of anilines is 1. The maximum Gasteiger partial charge on any atom is 0.180 e. The first-order valence-corrected chi connectivity index (χ1v) is 6.91. The normalized spacial score (nSPS) is 20.6. The van der Waals surface area contributed by atoms with E-state index in [4.69, 9.17) is 10.3 Å². The molecule has 0 radical (unpaired) electrons. The van der Waals surface area contributed by atoms with Crippen molar-refractivity contribution in [3.63, 3.8) is 0 Å². The lowest BCUT2D eigenvalue weighted by Crippen LogP contribution is -2.21. The monoisotopic (exact) mass is 264 g/mol. The fourth-order valence-electron chi connectivity index (χ4n) is 2.47. The van der Waals surface area contributed by atoms with Gasteiger partial charge in [-0.15, -0.1) is 11.3 Å². The zero-order valence-electron chi connectivity index (χ0n) is 10.3. The number of hydrogen-bond acceptors (Lipinski definition) is 6. The second kappa shape index (κ2) is 4.70. The van der Waals surface area contributed by atoms with Gasteiger partial charge >= 0.3 is 0 Å². The molecule has 0 aliphatic carbocycles. The fourth-order valence-corrected chi connectivity index (χ4v) is 3.18. The lowest BCUT2D eigenvalue weighted by Gasteiger charge is -2.21. The van der Waals surface area contributed by atoms with E-state index < -0.39 is 0 Å². The summed E-state index contributed by atoms with van der Waals surface area (Å²) in [4.78, 5) is 7.71. The summed E-state index contributed by atoms with van der Waals surface area (Å²) in [5, 5.41) is 4.61. The van der Waals surface area contributed by atoms with Crippen molar-refractivity contribution in [3.05, 3.63) is 28.6 Å². The topological polar surface area (TPSA) is 68.2 Å². The Morgan fingerprint density at radius 1 is 1.61 bits per heavy atom. The predicted molar refractivity (Wildman–Crippen MR) is 70.2 cm³/mol.